The summed E-state index contributed by atoms with van der Waals surface area (Å²) in [7, 11) is 0. The standard InChI is InChI=1S/C17H25N3O2/c1-3-12(2)15(18)16(21)19-14-10-7-11-20(17(14)22)13-8-5-4-6-9-13/h4-6,8-9,12,14-15H,3,7,10-11,18H2,1-2H3,(H,19,21). The molecule has 1 fully saturated rings. The molecule has 3 atom stereocenters. The van der Waals surface area contributed by atoms with Gasteiger partial charge in [-0.3, -0.25) is 9.59 Å². The van der Waals surface area contributed by atoms with Gasteiger partial charge >= 0.3 is 0 Å². The number of hydrogen-bond donors (Lipinski definition) is 2. The Morgan fingerprint density at radius 2 is 2.09 bits per heavy atom. The summed E-state index contributed by atoms with van der Waals surface area (Å²) in [6.07, 6.45) is 2.37. The topological polar surface area (TPSA) is 75.4 Å². The Bertz CT molecular complexity index is 518. The van der Waals surface area contributed by atoms with Gasteiger partial charge in [0.15, 0.2) is 0 Å². The summed E-state index contributed by atoms with van der Waals surface area (Å²) >= 11 is 0. The summed E-state index contributed by atoms with van der Waals surface area (Å²) in [6.45, 7) is 4.64. The zero-order valence-corrected chi connectivity index (χ0v) is 13.3. The minimum absolute atomic E-state index is 0.0536. The molecule has 22 heavy (non-hydrogen) atoms. The van der Waals surface area contributed by atoms with Crippen LogP contribution < -0.4 is 16.0 Å². The van der Waals surface area contributed by atoms with Crippen molar-refractivity contribution >= 4 is 17.5 Å². The Balaban J connectivity index is 2.03. The molecule has 2 amide bonds. The summed E-state index contributed by atoms with van der Waals surface area (Å²) in [6, 6.07) is 8.51. The van der Waals surface area contributed by atoms with E-state index in [0.29, 0.717) is 13.0 Å². The predicted molar refractivity (Wildman–Crippen MR) is 87.4 cm³/mol. The smallest absolute Gasteiger partial charge is 0.249 e. The number of nitrogens with two attached hydrogens (primary N) is 1. The largest absolute Gasteiger partial charge is 0.343 e. The number of piperidine rings is 1. The Morgan fingerprint density at radius 3 is 2.73 bits per heavy atom. The molecule has 0 aromatic heterocycles. The van der Waals surface area contributed by atoms with Gasteiger partial charge < -0.3 is 16.0 Å². The predicted octanol–water partition coefficient (Wildman–Crippen LogP) is 1.67. The van der Waals surface area contributed by atoms with E-state index >= 15 is 0 Å². The first kappa shape index (κ1) is 16.5. The number of amides is 2. The first-order valence-electron chi connectivity index (χ1n) is 7.97. The van der Waals surface area contributed by atoms with Crippen LogP contribution in [0.25, 0.3) is 0 Å². The highest BCUT2D eigenvalue weighted by Crippen LogP contribution is 2.21. The van der Waals surface area contributed by atoms with Gasteiger partial charge in [0.2, 0.25) is 11.8 Å². The number of carbonyl (C=O) groups is 2. The van der Waals surface area contributed by atoms with Crippen LogP contribution in [0.15, 0.2) is 30.3 Å². The molecule has 5 nitrogen and oxygen atoms in total. The lowest BCUT2D eigenvalue weighted by Crippen LogP contribution is -2.56. The molecule has 1 saturated heterocycles. The lowest BCUT2D eigenvalue weighted by Gasteiger charge is -2.33. The number of rotatable bonds is 5. The van der Waals surface area contributed by atoms with Gasteiger partial charge in [0, 0.05) is 12.2 Å². The van der Waals surface area contributed by atoms with Gasteiger partial charge in [-0.25, -0.2) is 0 Å². The van der Waals surface area contributed by atoms with Gasteiger partial charge in [0.1, 0.15) is 6.04 Å². The molecule has 1 aliphatic rings. The molecule has 1 aliphatic heterocycles. The average Bonchev–Trinajstić information content (AvgIpc) is 2.56. The maximum Gasteiger partial charge on any atom is 0.249 e. The quantitative estimate of drug-likeness (QED) is 0.869. The minimum Gasteiger partial charge on any atom is -0.343 e. The average molecular weight is 303 g/mol. The van der Waals surface area contributed by atoms with E-state index in [0.717, 1.165) is 18.5 Å². The summed E-state index contributed by atoms with van der Waals surface area (Å²) in [5.74, 6) is -0.186. The molecule has 0 bridgehead atoms. The van der Waals surface area contributed by atoms with Crippen LogP contribution >= 0.6 is 0 Å². The number of benzene rings is 1. The Kier molecular flexibility index (Phi) is 5.55. The number of para-hydroxylation sites is 1. The van der Waals surface area contributed by atoms with Crippen LogP contribution in [0.2, 0.25) is 0 Å². The number of hydrogen-bond acceptors (Lipinski definition) is 3. The van der Waals surface area contributed by atoms with Crippen LogP contribution in [0.5, 0.6) is 0 Å². The van der Waals surface area contributed by atoms with Crippen molar-refractivity contribution < 1.29 is 9.59 Å². The molecule has 120 valence electrons. The number of nitrogens with one attached hydrogen (secondary N) is 1. The second kappa shape index (κ2) is 7.40. The van der Waals surface area contributed by atoms with Gasteiger partial charge in [-0.05, 0) is 30.9 Å². The maximum atomic E-state index is 12.6. The highest BCUT2D eigenvalue weighted by molar-refractivity contribution is 6.00. The fraction of sp³-hybridized carbons (Fsp3) is 0.529. The third-order valence-electron chi connectivity index (χ3n) is 4.38. The van der Waals surface area contributed by atoms with Gasteiger partial charge in [-0.2, -0.15) is 0 Å². The SMILES string of the molecule is CCC(C)C(N)C(=O)NC1CCCN(c2ccccc2)C1=O. The highest BCUT2D eigenvalue weighted by atomic mass is 16.2. The second-order valence-corrected chi connectivity index (χ2v) is 5.94. The molecule has 3 N–H and O–H groups in total. The second-order valence-electron chi connectivity index (χ2n) is 5.94. The number of carbonyl (C=O) groups excluding carboxylic acids is 2. The van der Waals surface area contributed by atoms with Crippen LogP contribution in [0.1, 0.15) is 33.1 Å². The number of anilines is 1. The fourth-order valence-electron chi connectivity index (χ4n) is 2.65. The Hall–Kier alpha value is -1.88. The van der Waals surface area contributed by atoms with Gasteiger partial charge in [0.05, 0.1) is 6.04 Å². The third kappa shape index (κ3) is 3.65. The molecule has 0 spiro atoms. The molecule has 1 heterocycles. The van der Waals surface area contributed by atoms with Crippen molar-refractivity contribution in [2.75, 3.05) is 11.4 Å². The molecule has 1 aromatic carbocycles. The van der Waals surface area contributed by atoms with Crippen LogP contribution in [0.3, 0.4) is 0 Å². The molecule has 1 aromatic rings. The van der Waals surface area contributed by atoms with E-state index in [1.807, 2.05) is 44.2 Å². The van der Waals surface area contributed by atoms with E-state index in [1.165, 1.54) is 0 Å². The molecular formula is C17H25N3O2. The molecule has 0 radical (unpaired) electrons. The Labute approximate surface area is 131 Å². The summed E-state index contributed by atoms with van der Waals surface area (Å²) < 4.78 is 0. The molecule has 5 heteroatoms. The first-order valence-corrected chi connectivity index (χ1v) is 7.97. The van der Waals surface area contributed by atoms with E-state index in [2.05, 4.69) is 5.32 Å². The molecule has 0 aliphatic carbocycles. The van der Waals surface area contributed by atoms with E-state index in [4.69, 9.17) is 5.73 Å². The van der Waals surface area contributed by atoms with Crippen LogP contribution in [-0.4, -0.2) is 30.4 Å². The van der Waals surface area contributed by atoms with Crippen molar-refractivity contribution in [1.29, 1.82) is 0 Å². The van der Waals surface area contributed by atoms with Crippen molar-refractivity contribution in [3.05, 3.63) is 30.3 Å². The monoisotopic (exact) mass is 303 g/mol. The summed E-state index contributed by atoms with van der Waals surface area (Å²) in [5, 5.41) is 2.83. The highest BCUT2D eigenvalue weighted by Gasteiger charge is 2.32. The third-order valence-corrected chi connectivity index (χ3v) is 4.38. The van der Waals surface area contributed by atoms with Crippen molar-refractivity contribution in [3.63, 3.8) is 0 Å². The maximum absolute atomic E-state index is 12.6. The van der Waals surface area contributed by atoms with E-state index < -0.39 is 12.1 Å². The summed E-state index contributed by atoms with van der Waals surface area (Å²) in [4.78, 5) is 26.5. The zero-order chi connectivity index (χ0) is 16.1. The molecule has 2 rings (SSSR count). The normalized spacial score (nSPS) is 21.3. The van der Waals surface area contributed by atoms with E-state index in [9.17, 15) is 9.59 Å². The fourth-order valence-corrected chi connectivity index (χ4v) is 2.65. The molecular weight excluding hydrogens is 278 g/mol. The van der Waals surface area contributed by atoms with Crippen molar-refractivity contribution in [1.82, 2.24) is 5.32 Å². The van der Waals surface area contributed by atoms with E-state index in [-0.39, 0.29) is 17.7 Å². The van der Waals surface area contributed by atoms with Crippen LogP contribution in [0.4, 0.5) is 5.69 Å². The summed E-state index contributed by atoms with van der Waals surface area (Å²) in [5.41, 5.74) is 6.82. The van der Waals surface area contributed by atoms with Gasteiger partial charge in [-0.15, -0.1) is 0 Å². The lowest BCUT2D eigenvalue weighted by atomic mass is 9.98. The Morgan fingerprint density at radius 1 is 1.41 bits per heavy atom. The van der Waals surface area contributed by atoms with Gasteiger partial charge in [-0.1, -0.05) is 38.5 Å². The zero-order valence-electron chi connectivity index (χ0n) is 13.3. The van der Waals surface area contributed by atoms with Crippen molar-refractivity contribution in [2.45, 2.75) is 45.2 Å². The molecule has 0 saturated carbocycles. The molecule has 3 unspecified atom stereocenters. The van der Waals surface area contributed by atoms with Gasteiger partial charge in [0.25, 0.3) is 0 Å². The van der Waals surface area contributed by atoms with Crippen molar-refractivity contribution in [3.8, 4) is 0 Å². The van der Waals surface area contributed by atoms with Crippen LogP contribution in [-0.2, 0) is 9.59 Å². The lowest BCUT2D eigenvalue weighted by molar-refractivity contribution is -0.129. The van der Waals surface area contributed by atoms with Crippen molar-refractivity contribution in [2.24, 2.45) is 11.7 Å². The minimum atomic E-state index is -0.565. The number of nitrogens with zero attached hydrogens (tertiary/aromatic N) is 1. The van der Waals surface area contributed by atoms with Crippen LogP contribution in [0, 0.1) is 5.92 Å². The first-order chi connectivity index (χ1) is 10.5. The van der Waals surface area contributed by atoms with E-state index in [1.54, 1.807) is 4.90 Å².